The van der Waals surface area contributed by atoms with Crippen LogP contribution in [0.1, 0.15) is 61.8 Å². The maximum absolute atomic E-state index is 15.2. The van der Waals surface area contributed by atoms with Crippen LogP contribution in [0, 0.1) is 0 Å². The van der Waals surface area contributed by atoms with Crippen LogP contribution in [0.25, 0.3) is 10.9 Å². The van der Waals surface area contributed by atoms with Gasteiger partial charge in [0.2, 0.25) is 59.1 Å². The Morgan fingerprint density at radius 3 is 1.89 bits per heavy atom. The lowest BCUT2D eigenvalue weighted by atomic mass is 10.00. The molecule has 28 nitrogen and oxygen atoms in total. The number of carbonyl (C=O) groups excluding carboxylic acids is 10. The topological polar surface area (TPSA) is 457 Å². The van der Waals surface area contributed by atoms with Crippen molar-refractivity contribution in [2.24, 2.45) is 11.5 Å². The van der Waals surface area contributed by atoms with Gasteiger partial charge in [0.25, 0.3) is 0 Å². The van der Waals surface area contributed by atoms with Crippen molar-refractivity contribution < 1.29 is 68.4 Å². The smallest absolute Gasteiger partial charge is 0.245 e. The van der Waals surface area contributed by atoms with Crippen LogP contribution in [0.2, 0.25) is 0 Å². The van der Waals surface area contributed by atoms with E-state index in [4.69, 9.17) is 17.2 Å². The minimum atomic E-state index is -1.69. The molecule has 0 aliphatic carbocycles. The number of anilines is 1. The average Bonchev–Trinajstić information content (AvgIpc) is 1.81. The molecule has 1 aliphatic rings. The second kappa shape index (κ2) is 37.3. The van der Waals surface area contributed by atoms with Gasteiger partial charge in [0.15, 0.2) is 0 Å². The molecule has 1 aliphatic heterocycles. The molecule has 4 aromatic carbocycles. The third-order valence-electron chi connectivity index (χ3n) is 16.0. The predicted molar refractivity (Wildman–Crippen MR) is 361 cm³/mol. The molecule has 20 N–H and O–H groups in total. The molecule has 10 amide bonds. The van der Waals surface area contributed by atoms with Crippen molar-refractivity contribution >= 4 is 100 Å². The van der Waals surface area contributed by atoms with Gasteiger partial charge in [-0.1, -0.05) is 72.8 Å². The number of aliphatic hydroxyl groups is 3. The second-order valence-corrected chi connectivity index (χ2v) is 24.9. The van der Waals surface area contributed by atoms with Gasteiger partial charge in [0, 0.05) is 67.8 Å². The summed E-state index contributed by atoms with van der Waals surface area (Å²) in [4.78, 5) is 147. The van der Waals surface area contributed by atoms with E-state index in [2.05, 4.69) is 65.5 Å². The van der Waals surface area contributed by atoms with E-state index >= 15 is 14.4 Å². The molecular formula is C65H88N14O14S2. The zero-order chi connectivity index (χ0) is 69.3. The average molecular weight is 1350 g/mol. The second-order valence-electron chi connectivity index (χ2n) is 23.4. The van der Waals surface area contributed by atoms with E-state index in [9.17, 15) is 54.0 Å². The number of hydrogen-bond acceptors (Lipinski definition) is 19. The summed E-state index contributed by atoms with van der Waals surface area (Å²) in [5.74, 6) is -8.77. The lowest BCUT2D eigenvalue weighted by molar-refractivity contribution is -0.143. The highest BCUT2D eigenvalue weighted by atomic mass is 32.2. The monoisotopic (exact) mass is 1350 g/mol. The number of unbranched alkanes of at least 4 members (excludes halogenated alkanes) is 1. The molecule has 0 saturated carbocycles. The van der Waals surface area contributed by atoms with Crippen molar-refractivity contribution in [2.75, 3.05) is 49.7 Å². The van der Waals surface area contributed by atoms with Crippen LogP contribution in [-0.2, 0) is 73.6 Å². The number of likely N-dealkylation sites (N-methyl/N-ethyl adjacent to an activating group) is 1. The number of carbonyl (C=O) groups is 10. The van der Waals surface area contributed by atoms with E-state index in [1.165, 1.54) is 45.2 Å². The summed E-state index contributed by atoms with van der Waals surface area (Å²) in [6.07, 6.45) is -0.970. The number of thiol groups is 1. The number of H-pyrrole nitrogens is 1. The van der Waals surface area contributed by atoms with Gasteiger partial charge in [-0.15, -0.1) is 0 Å². The molecule has 1 aromatic heterocycles. The Bertz CT molecular complexity index is 3400. The van der Waals surface area contributed by atoms with Gasteiger partial charge in [-0.05, 0) is 104 Å². The molecule has 1 fully saturated rings. The molecule has 2 heterocycles. The minimum Gasteiger partial charge on any atom is -0.508 e. The van der Waals surface area contributed by atoms with Crippen LogP contribution in [0.15, 0.2) is 109 Å². The van der Waals surface area contributed by atoms with Crippen molar-refractivity contribution in [2.45, 2.75) is 138 Å². The first kappa shape index (κ1) is 75.3. The molecule has 514 valence electrons. The maximum Gasteiger partial charge on any atom is 0.245 e. The largest absolute Gasteiger partial charge is 0.508 e. The van der Waals surface area contributed by atoms with Crippen molar-refractivity contribution in [3.8, 4) is 5.75 Å². The number of nitrogens with zero attached hydrogens (tertiary/aromatic N) is 1. The number of thioether (sulfide) groups is 1. The van der Waals surface area contributed by atoms with E-state index in [0.29, 0.717) is 40.8 Å². The first-order chi connectivity index (χ1) is 45.4. The molecule has 12 atom stereocenters. The van der Waals surface area contributed by atoms with Crippen molar-refractivity contribution in [3.63, 3.8) is 0 Å². The Balaban J connectivity index is 1.26. The molecule has 0 bridgehead atoms. The number of rotatable bonds is 29. The first-order valence-electron chi connectivity index (χ1n) is 31.2. The third-order valence-corrected chi connectivity index (χ3v) is 17.4. The molecule has 0 radical (unpaired) electrons. The van der Waals surface area contributed by atoms with Crippen LogP contribution in [-0.4, -0.2) is 206 Å². The summed E-state index contributed by atoms with van der Waals surface area (Å²) in [5, 5.41) is 65.5. The fraction of sp³-hybridized carbons (Fsp3) is 0.446. The molecule has 30 heteroatoms. The number of nitrogens with two attached hydrogens (primary N) is 3. The highest BCUT2D eigenvalue weighted by Gasteiger charge is 2.39. The Morgan fingerprint density at radius 2 is 1.24 bits per heavy atom. The number of phenolic OH excluding ortho intramolecular Hbond substituents is 1. The fourth-order valence-corrected chi connectivity index (χ4v) is 11.5. The van der Waals surface area contributed by atoms with Gasteiger partial charge >= 0.3 is 0 Å². The number of aromatic nitrogens is 1. The molecule has 95 heavy (non-hydrogen) atoms. The van der Waals surface area contributed by atoms with Crippen LogP contribution in [0.5, 0.6) is 5.75 Å². The fourth-order valence-electron chi connectivity index (χ4n) is 10.4. The summed E-state index contributed by atoms with van der Waals surface area (Å²) in [7, 11) is 1.32. The predicted octanol–water partition coefficient (Wildman–Crippen LogP) is -2.18. The number of nitrogens with one attached hydrogen (secondary N) is 10. The number of fused-ring (bicyclic) bond motifs is 1. The molecular weight excluding hydrogens is 1260 g/mol. The highest BCUT2D eigenvalue weighted by Crippen LogP contribution is 2.22. The van der Waals surface area contributed by atoms with E-state index in [0.717, 1.165) is 27.6 Å². The highest BCUT2D eigenvalue weighted by molar-refractivity contribution is 7.99. The van der Waals surface area contributed by atoms with E-state index in [1.807, 2.05) is 18.2 Å². The maximum atomic E-state index is 15.2. The van der Waals surface area contributed by atoms with E-state index < -0.39 is 145 Å². The van der Waals surface area contributed by atoms with Crippen LogP contribution in [0.4, 0.5) is 5.69 Å². The van der Waals surface area contributed by atoms with Crippen LogP contribution in [0.3, 0.4) is 0 Å². The molecule has 0 spiro atoms. The molecule has 6 rings (SSSR count). The number of nitrogen functional groups attached to an aromatic ring is 1. The zero-order valence-corrected chi connectivity index (χ0v) is 54.8. The number of hydrogen-bond donors (Lipinski definition) is 18. The van der Waals surface area contributed by atoms with Crippen LogP contribution < -0.4 is 65.1 Å². The van der Waals surface area contributed by atoms with Gasteiger partial charge in [-0.3, -0.25) is 47.9 Å². The summed E-state index contributed by atoms with van der Waals surface area (Å²) < 4.78 is 0. The van der Waals surface area contributed by atoms with E-state index in [1.54, 1.807) is 66.9 Å². The van der Waals surface area contributed by atoms with E-state index in [-0.39, 0.29) is 68.1 Å². The first-order valence-corrected chi connectivity index (χ1v) is 33.0. The number of aliphatic hydroxyl groups excluding tert-OH is 3. The van der Waals surface area contributed by atoms with Gasteiger partial charge in [-0.25, -0.2) is 0 Å². The number of aromatic amines is 1. The number of benzene rings is 4. The third kappa shape index (κ3) is 23.0. The summed E-state index contributed by atoms with van der Waals surface area (Å²) in [6, 6.07) is 14.2. The van der Waals surface area contributed by atoms with Crippen molar-refractivity contribution in [1.82, 2.24) is 57.7 Å². The molecule has 5 aromatic rings. The molecule has 0 unspecified atom stereocenters. The Hall–Kier alpha value is -8.78. The van der Waals surface area contributed by atoms with Gasteiger partial charge in [-0.2, -0.15) is 24.4 Å². The lowest BCUT2D eigenvalue weighted by Crippen LogP contribution is -2.63. The lowest BCUT2D eigenvalue weighted by Gasteiger charge is -2.33. The Kier molecular flexibility index (Phi) is 29.6. The zero-order valence-electron chi connectivity index (χ0n) is 53.1. The summed E-state index contributed by atoms with van der Waals surface area (Å²) in [5.41, 5.74) is 21.4. The number of aromatic hydroxyl groups is 1. The standard InChI is InChI=1S/C65H88N14O14S2/c1-36(81)52(33-80)76-62(90)53(34-94)77-60(88)48(27-39-16-20-42(67)21-17-39)72-57(85)45(68)32-70-55(84)35-95-26-24-54-63(91)74-49(28-40-18-22-43(83)23-19-40)59(87)73-50(30-41-31-69-46-14-8-7-13-44(41)46)61(89)71-47(15-9-10-25-66)58(86)78-56(37(2)82)64(92)75-51(65(93)79(54)3)29-38-11-5-4-6-12-38/h4-8,11-14,16-23,31,36-37,45,47-54,56,69,80-83,94H,9-10,15,24-30,32-35,66-68H2,1-3H3,(H,70,84)(H,71,89)(H,72,85)(H,73,87)(H,74,91)(H,75,92)(H,76,90)(H,77,88)(H,78,86)/t36-,37-,45+,47+,48+,49+,50+,51+,52-,53+,54-,56+/m1/s1. The van der Waals surface area contributed by atoms with Gasteiger partial charge < -0.3 is 95.4 Å². The number of para-hydroxylation sites is 1. The SMILES string of the molecule is C[C@@H](O)[C@@H]1NC(=O)[C@H](CCCCN)NC(=O)[C@H](Cc2c[nH]c3ccccc23)NC(=O)[C@H](Cc2ccc(O)cc2)NC(=O)[C@@H](CCSCC(=O)NC[C@H](N)C(=O)N[C@@H](Cc2ccc(N)cc2)C(=O)N[C@@H](CS)C(=O)N[C@H](CO)[C@@H](C)O)N(C)C(=O)[C@H](Cc2ccccc2)NC1=O. The summed E-state index contributed by atoms with van der Waals surface area (Å²) >= 11 is 5.22. The quantitative estimate of drug-likeness (QED) is 0.0138. The normalized spacial score (nSPS) is 20.4. The number of amides is 10. The van der Waals surface area contributed by atoms with Crippen molar-refractivity contribution in [3.05, 3.63) is 132 Å². The number of phenols is 1. The van der Waals surface area contributed by atoms with Crippen molar-refractivity contribution in [1.29, 1.82) is 0 Å². The van der Waals surface area contributed by atoms with Gasteiger partial charge in [0.1, 0.15) is 60.1 Å². The molecule has 1 saturated heterocycles. The minimum absolute atomic E-state index is 0.0113. The van der Waals surface area contributed by atoms with Gasteiger partial charge in [0.05, 0.1) is 30.6 Å². The Morgan fingerprint density at radius 1 is 0.663 bits per heavy atom. The Labute approximate surface area is 560 Å². The van der Waals surface area contributed by atoms with Crippen LogP contribution >= 0.6 is 24.4 Å². The summed E-state index contributed by atoms with van der Waals surface area (Å²) in [6.45, 7) is 1.86.